The summed E-state index contributed by atoms with van der Waals surface area (Å²) in [5, 5.41) is 2.76. The molecule has 0 unspecified atom stereocenters. The van der Waals surface area contributed by atoms with E-state index >= 15 is 0 Å². The van der Waals surface area contributed by atoms with E-state index in [9.17, 15) is 4.79 Å². The van der Waals surface area contributed by atoms with Crippen LogP contribution in [-0.2, 0) is 23.7 Å². The molecule has 0 saturated carbocycles. The van der Waals surface area contributed by atoms with E-state index < -0.39 is 6.09 Å². The van der Waals surface area contributed by atoms with Crippen LogP contribution in [-0.4, -0.2) is 72.1 Å². The number of alkyl carbamates (subject to hydrolysis) is 1. The third-order valence-electron chi connectivity index (χ3n) is 8.62. The molecule has 1 aliphatic rings. The van der Waals surface area contributed by atoms with Crippen molar-refractivity contribution in [1.82, 2.24) is 5.32 Å². The molecule has 0 bridgehead atoms. The second kappa shape index (κ2) is 25.6. The van der Waals surface area contributed by atoms with Gasteiger partial charge in [-0.2, -0.15) is 0 Å². The predicted molar refractivity (Wildman–Crippen MR) is 187 cm³/mol. The Hall–Kier alpha value is -2.45. The van der Waals surface area contributed by atoms with Gasteiger partial charge in [-0.3, -0.25) is 0 Å². The zero-order valence-electron chi connectivity index (χ0n) is 28.6. The summed E-state index contributed by atoms with van der Waals surface area (Å²) in [4.78, 5) is 12.2. The number of carbonyl (C=O) groups excluding carboxylic acids is 1. The lowest BCUT2D eigenvalue weighted by molar-refractivity contribution is -0.00181. The third kappa shape index (κ3) is 15.9. The smallest absolute Gasteiger partial charge is 0.407 e. The summed E-state index contributed by atoms with van der Waals surface area (Å²) in [6, 6.07) is 16.6. The number of rotatable bonds is 29. The van der Waals surface area contributed by atoms with Crippen molar-refractivity contribution in [1.29, 1.82) is 0 Å². The topological polar surface area (TPSA) is 75.3 Å². The molecule has 1 N–H and O–H groups in total. The highest BCUT2D eigenvalue weighted by Gasteiger charge is 2.28. The Labute approximate surface area is 279 Å². The molecule has 2 aromatic carbocycles. The average molecular weight is 640 g/mol. The monoisotopic (exact) mass is 639 g/mol. The minimum atomic E-state index is -0.428. The fraction of sp³-hybridized carbons (Fsp3) is 0.667. The van der Waals surface area contributed by atoms with Gasteiger partial charge in [0.1, 0.15) is 6.61 Å². The van der Waals surface area contributed by atoms with Crippen molar-refractivity contribution in [2.24, 2.45) is 0 Å². The Morgan fingerprint density at radius 3 is 1.46 bits per heavy atom. The van der Waals surface area contributed by atoms with E-state index in [2.05, 4.69) is 36.5 Å². The molecule has 46 heavy (non-hydrogen) atoms. The molecule has 1 amide bonds. The fourth-order valence-electron chi connectivity index (χ4n) is 6.04. The molecule has 258 valence electrons. The molecule has 7 nitrogen and oxygen atoms in total. The van der Waals surface area contributed by atoms with Gasteiger partial charge in [0.15, 0.2) is 0 Å². The second-order valence-corrected chi connectivity index (χ2v) is 12.3. The van der Waals surface area contributed by atoms with Crippen LogP contribution in [0.5, 0.6) is 0 Å². The first-order valence-electron chi connectivity index (χ1n) is 18.2. The number of benzene rings is 2. The first-order valence-corrected chi connectivity index (χ1v) is 18.2. The lowest BCUT2D eigenvalue weighted by atomic mass is 9.98. The summed E-state index contributed by atoms with van der Waals surface area (Å²) in [6.45, 7) is 7.47. The molecule has 0 fully saturated rings. The first-order chi connectivity index (χ1) is 22.8. The van der Waals surface area contributed by atoms with Crippen LogP contribution in [0.4, 0.5) is 4.79 Å². The summed E-state index contributed by atoms with van der Waals surface area (Å²) in [5.41, 5.74) is 4.84. The van der Waals surface area contributed by atoms with Crippen molar-refractivity contribution in [2.45, 2.75) is 103 Å². The van der Waals surface area contributed by atoms with E-state index in [0.717, 1.165) is 13.0 Å². The zero-order chi connectivity index (χ0) is 32.3. The molecule has 7 heteroatoms. The maximum atomic E-state index is 12.2. The SMILES string of the molecule is CCCCCCCCCCCCCCCCOCCOCCOCCOCCNC(=O)OCC1c2ccccc2-c2ccccc21. The number of carbonyl (C=O) groups is 1. The van der Waals surface area contributed by atoms with Gasteiger partial charge in [0, 0.05) is 19.1 Å². The van der Waals surface area contributed by atoms with Crippen molar-refractivity contribution >= 4 is 6.09 Å². The average Bonchev–Trinajstić information content (AvgIpc) is 3.40. The van der Waals surface area contributed by atoms with Gasteiger partial charge in [0.25, 0.3) is 0 Å². The molecular weight excluding hydrogens is 578 g/mol. The van der Waals surface area contributed by atoms with Gasteiger partial charge in [-0.25, -0.2) is 4.79 Å². The number of hydrogen-bond donors (Lipinski definition) is 1. The lowest BCUT2D eigenvalue weighted by Gasteiger charge is -2.14. The Balaban J connectivity index is 1.00. The van der Waals surface area contributed by atoms with Gasteiger partial charge < -0.3 is 29.0 Å². The van der Waals surface area contributed by atoms with Crippen LogP contribution in [0.3, 0.4) is 0 Å². The number of hydrogen-bond acceptors (Lipinski definition) is 6. The largest absolute Gasteiger partial charge is 0.449 e. The van der Waals surface area contributed by atoms with E-state index in [4.69, 9.17) is 23.7 Å². The van der Waals surface area contributed by atoms with Gasteiger partial charge in [-0.15, -0.1) is 0 Å². The predicted octanol–water partition coefficient (Wildman–Crippen LogP) is 9.07. The normalized spacial score (nSPS) is 12.3. The minimum absolute atomic E-state index is 0.0573. The zero-order valence-corrected chi connectivity index (χ0v) is 28.6. The second-order valence-electron chi connectivity index (χ2n) is 12.3. The number of ether oxygens (including phenoxy) is 5. The van der Waals surface area contributed by atoms with E-state index in [-0.39, 0.29) is 5.92 Å². The molecule has 0 atom stereocenters. The third-order valence-corrected chi connectivity index (χ3v) is 8.62. The van der Waals surface area contributed by atoms with Gasteiger partial charge >= 0.3 is 6.09 Å². The van der Waals surface area contributed by atoms with Crippen LogP contribution in [0, 0.1) is 0 Å². The Bertz CT molecular complexity index is 1000. The highest BCUT2D eigenvalue weighted by Crippen LogP contribution is 2.44. The van der Waals surface area contributed by atoms with E-state index in [1.165, 1.54) is 106 Å². The number of fused-ring (bicyclic) bond motifs is 3. The van der Waals surface area contributed by atoms with Gasteiger partial charge in [0.05, 0.1) is 46.2 Å². The number of nitrogens with one attached hydrogen (secondary N) is 1. The molecular formula is C39H61NO6. The number of unbranched alkanes of at least 4 members (excludes halogenated alkanes) is 13. The van der Waals surface area contributed by atoms with Crippen LogP contribution in [0.15, 0.2) is 48.5 Å². The van der Waals surface area contributed by atoms with Crippen LogP contribution < -0.4 is 5.32 Å². The first kappa shape index (κ1) is 38.0. The summed E-state index contributed by atoms with van der Waals surface area (Å²) in [5.74, 6) is 0.0573. The van der Waals surface area contributed by atoms with Crippen molar-refractivity contribution in [3.63, 3.8) is 0 Å². The molecule has 0 radical (unpaired) electrons. The van der Waals surface area contributed by atoms with Crippen molar-refractivity contribution < 1.29 is 28.5 Å². The van der Waals surface area contributed by atoms with E-state index in [1.54, 1.807) is 0 Å². The van der Waals surface area contributed by atoms with Gasteiger partial charge in [-0.1, -0.05) is 139 Å². The van der Waals surface area contributed by atoms with Crippen molar-refractivity contribution in [3.05, 3.63) is 59.7 Å². The van der Waals surface area contributed by atoms with E-state index in [0.29, 0.717) is 59.4 Å². The Morgan fingerprint density at radius 2 is 0.957 bits per heavy atom. The molecule has 0 aliphatic heterocycles. The number of amides is 1. The molecule has 1 aliphatic carbocycles. The van der Waals surface area contributed by atoms with Gasteiger partial charge in [-0.05, 0) is 28.7 Å². The maximum Gasteiger partial charge on any atom is 0.407 e. The standard InChI is InChI=1S/C39H61NO6/c1-2-3-4-5-6-7-8-9-10-11-12-13-14-19-25-42-27-29-44-31-32-45-30-28-43-26-24-40-39(41)46-33-38-36-22-17-15-20-34(36)35-21-16-18-23-37(35)38/h15-18,20-23,38H,2-14,19,24-33H2,1H3,(H,40,41). The highest BCUT2D eigenvalue weighted by atomic mass is 16.6. The van der Waals surface area contributed by atoms with Crippen LogP contribution >= 0.6 is 0 Å². The fourth-order valence-corrected chi connectivity index (χ4v) is 6.04. The molecule has 0 saturated heterocycles. The van der Waals surface area contributed by atoms with Crippen molar-refractivity contribution in [2.75, 3.05) is 66.0 Å². The Kier molecular flexibility index (Phi) is 21.2. The summed E-state index contributed by atoms with van der Waals surface area (Å²) >= 11 is 0. The molecule has 0 aromatic heterocycles. The summed E-state index contributed by atoms with van der Waals surface area (Å²) in [6.07, 6.45) is 18.8. The highest BCUT2D eigenvalue weighted by molar-refractivity contribution is 5.79. The van der Waals surface area contributed by atoms with Crippen LogP contribution in [0.1, 0.15) is 114 Å². The quantitative estimate of drug-likeness (QED) is 0.0895. The summed E-state index contributed by atoms with van der Waals surface area (Å²) < 4.78 is 27.9. The minimum Gasteiger partial charge on any atom is -0.449 e. The maximum absolute atomic E-state index is 12.2. The van der Waals surface area contributed by atoms with Crippen LogP contribution in [0.25, 0.3) is 11.1 Å². The lowest BCUT2D eigenvalue weighted by Crippen LogP contribution is -2.29. The van der Waals surface area contributed by atoms with Crippen molar-refractivity contribution in [3.8, 4) is 11.1 Å². The molecule has 0 heterocycles. The molecule has 2 aromatic rings. The van der Waals surface area contributed by atoms with E-state index in [1.807, 2.05) is 24.3 Å². The Morgan fingerprint density at radius 1 is 0.543 bits per heavy atom. The van der Waals surface area contributed by atoms with Gasteiger partial charge in [0.2, 0.25) is 0 Å². The summed E-state index contributed by atoms with van der Waals surface area (Å²) in [7, 11) is 0. The molecule has 0 spiro atoms. The van der Waals surface area contributed by atoms with Crippen LogP contribution in [0.2, 0.25) is 0 Å². The molecule has 3 rings (SSSR count).